The van der Waals surface area contributed by atoms with Crippen LogP contribution in [0.5, 0.6) is 0 Å². The van der Waals surface area contributed by atoms with Gasteiger partial charge in [0.1, 0.15) is 0 Å². The highest BCUT2D eigenvalue weighted by molar-refractivity contribution is 5.44. The van der Waals surface area contributed by atoms with Gasteiger partial charge < -0.3 is 10.8 Å². The lowest BCUT2D eigenvalue weighted by Gasteiger charge is -2.14. The number of pyridine rings is 1. The summed E-state index contributed by atoms with van der Waals surface area (Å²) in [7, 11) is 0. The number of hydrogen-bond acceptors (Lipinski definition) is 3. The molecular formula is C11H18N2O. The minimum Gasteiger partial charge on any atom is -0.398 e. The molecule has 0 spiro atoms. The smallest absolute Gasteiger partial charge is 0.0514 e. The van der Waals surface area contributed by atoms with E-state index in [9.17, 15) is 5.11 Å². The maximum atomic E-state index is 9.22. The van der Waals surface area contributed by atoms with Crippen LogP contribution in [0.1, 0.15) is 25.8 Å². The van der Waals surface area contributed by atoms with Crippen molar-refractivity contribution in [3.63, 3.8) is 0 Å². The molecule has 2 unspecified atom stereocenters. The van der Waals surface area contributed by atoms with Crippen LogP contribution in [0.2, 0.25) is 0 Å². The first-order valence-electron chi connectivity index (χ1n) is 4.96. The Balaban J connectivity index is 2.56. The molecular weight excluding hydrogens is 176 g/mol. The number of anilines is 1. The molecule has 0 amide bonds. The van der Waals surface area contributed by atoms with E-state index in [2.05, 4.69) is 11.9 Å². The largest absolute Gasteiger partial charge is 0.398 e. The normalized spacial score (nSPS) is 15.1. The van der Waals surface area contributed by atoms with Gasteiger partial charge in [-0.3, -0.25) is 4.98 Å². The lowest BCUT2D eigenvalue weighted by Crippen LogP contribution is -2.10. The molecule has 78 valence electrons. The van der Waals surface area contributed by atoms with E-state index in [1.165, 1.54) is 0 Å². The maximum Gasteiger partial charge on any atom is 0.0514 e. The van der Waals surface area contributed by atoms with Crippen molar-refractivity contribution in [2.45, 2.75) is 32.8 Å². The van der Waals surface area contributed by atoms with Gasteiger partial charge in [-0.25, -0.2) is 0 Å². The third-order valence-electron chi connectivity index (χ3n) is 2.25. The van der Waals surface area contributed by atoms with E-state index >= 15 is 0 Å². The number of aliphatic hydroxyl groups is 1. The Morgan fingerprint density at radius 1 is 1.50 bits per heavy atom. The fourth-order valence-corrected chi connectivity index (χ4v) is 1.65. The molecule has 1 heterocycles. The van der Waals surface area contributed by atoms with E-state index in [1.54, 1.807) is 12.4 Å². The summed E-state index contributed by atoms with van der Waals surface area (Å²) in [4.78, 5) is 4.04. The number of hydrogen-bond donors (Lipinski definition) is 2. The van der Waals surface area contributed by atoms with E-state index in [0.29, 0.717) is 5.92 Å². The summed E-state index contributed by atoms with van der Waals surface area (Å²) in [6.45, 7) is 3.92. The van der Waals surface area contributed by atoms with Gasteiger partial charge >= 0.3 is 0 Å². The molecule has 0 saturated carbocycles. The highest BCUT2D eigenvalue weighted by Gasteiger charge is 2.08. The Kier molecular flexibility index (Phi) is 3.89. The maximum absolute atomic E-state index is 9.22. The third kappa shape index (κ3) is 3.34. The van der Waals surface area contributed by atoms with Gasteiger partial charge in [0.15, 0.2) is 0 Å². The van der Waals surface area contributed by atoms with Gasteiger partial charge in [0, 0.05) is 18.1 Å². The molecule has 3 N–H and O–H groups in total. The summed E-state index contributed by atoms with van der Waals surface area (Å²) in [5.41, 5.74) is 7.66. The van der Waals surface area contributed by atoms with Crippen molar-refractivity contribution < 1.29 is 5.11 Å². The van der Waals surface area contributed by atoms with E-state index in [4.69, 9.17) is 5.73 Å². The van der Waals surface area contributed by atoms with Crippen molar-refractivity contribution in [3.05, 3.63) is 24.0 Å². The number of aromatic nitrogens is 1. The summed E-state index contributed by atoms with van der Waals surface area (Å²) in [5.74, 6) is 0.432. The average Bonchev–Trinajstić information content (AvgIpc) is 2.07. The second-order valence-electron chi connectivity index (χ2n) is 3.97. The van der Waals surface area contributed by atoms with Crippen LogP contribution < -0.4 is 5.73 Å². The van der Waals surface area contributed by atoms with Crippen LogP contribution in [0.4, 0.5) is 5.69 Å². The Bertz CT molecular complexity index is 286. The second-order valence-corrected chi connectivity index (χ2v) is 3.97. The van der Waals surface area contributed by atoms with Gasteiger partial charge in [-0.05, 0) is 37.3 Å². The number of nitrogens with zero attached hydrogens (tertiary/aromatic N) is 1. The Labute approximate surface area is 85.0 Å². The van der Waals surface area contributed by atoms with Gasteiger partial charge in [0.05, 0.1) is 6.10 Å². The van der Waals surface area contributed by atoms with Gasteiger partial charge in [0.2, 0.25) is 0 Å². The number of nitrogen functional groups attached to an aromatic ring is 1. The standard InChI is InChI=1S/C11H18N2O/c1-8(5-9(2)14)6-10-7-13-4-3-11(10)12/h3-4,7-9,14H,5-6H2,1-2H3,(H2,12,13). The minimum absolute atomic E-state index is 0.247. The van der Waals surface area contributed by atoms with Crippen molar-refractivity contribution in [2.24, 2.45) is 5.92 Å². The molecule has 14 heavy (non-hydrogen) atoms. The molecule has 2 atom stereocenters. The lowest BCUT2D eigenvalue weighted by atomic mass is 9.96. The molecule has 0 radical (unpaired) electrons. The number of rotatable bonds is 4. The highest BCUT2D eigenvalue weighted by atomic mass is 16.3. The van der Waals surface area contributed by atoms with Crippen LogP contribution in [0.3, 0.4) is 0 Å². The van der Waals surface area contributed by atoms with Crippen molar-refractivity contribution in [3.8, 4) is 0 Å². The van der Waals surface area contributed by atoms with Gasteiger partial charge in [0.25, 0.3) is 0 Å². The van der Waals surface area contributed by atoms with Crippen LogP contribution in [-0.2, 0) is 6.42 Å². The molecule has 1 aromatic rings. The fraction of sp³-hybridized carbons (Fsp3) is 0.545. The summed E-state index contributed by atoms with van der Waals surface area (Å²) in [6, 6.07) is 1.81. The zero-order valence-electron chi connectivity index (χ0n) is 8.77. The molecule has 3 nitrogen and oxygen atoms in total. The SMILES string of the molecule is CC(O)CC(C)Cc1cnccc1N. The van der Waals surface area contributed by atoms with Crippen LogP contribution in [0, 0.1) is 5.92 Å². The second kappa shape index (κ2) is 4.96. The predicted octanol–water partition coefficient (Wildman–Crippen LogP) is 1.61. The molecule has 0 saturated heterocycles. The predicted molar refractivity (Wildman–Crippen MR) is 57.8 cm³/mol. The molecule has 1 rings (SSSR count). The Morgan fingerprint density at radius 2 is 2.21 bits per heavy atom. The van der Waals surface area contributed by atoms with Crippen molar-refractivity contribution >= 4 is 5.69 Å². The Morgan fingerprint density at radius 3 is 2.79 bits per heavy atom. The molecule has 0 fully saturated rings. The molecule has 0 bridgehead atoms. The van der Waals surface area contributed by atoms with Crippen LogP contribution >= 0.6 is 0 Å². The first-order valence-corrected chi connectivity index (χ1v) is 4.96. The molecule has 0 aliphatic rings. The molecule has 0 aliphatic carbocycles. The third-order valence-corrected chi connectivity index (χ3v) is 2.25. The average molecular weight is 194 g/mol. The van der Waals surface area contributed by atoms with E-state index < -0.39 is 0 Å². The van der Waals surface area contributed by atoms with Crippen LogP contribution in [0.15, 0.2) is 18.5 Å². The topological polar surface area (TPSA) is 59.1 Å². The first kappa shape index (κ1) is 11.0. The van der Waals surface area contributed by atoms with Crippen molar-refractivity contribution in [1.82, 2.24) is 4.98 Å². The highest BCUT2D eigenvalue weighted by Crippen LogP contribution is 2.17. The lowest BCUT2D eigenvalue weighted by molar-refractivity contribution is 0.164. The fourth-order valence-electron chi connectivity index (χ4n) is 1.65. The Hall–Kier alpha value is -1.09. The monoisotopic (exact) mass is 194 g/mol. The van der Waals surface area contributed by atoms with Gasteiger partial charge in [-0.1, -0.05) is 6.92 Å². The summed E-state index contributed by atoms with van der Waals surface area (Å²) in [6.07, 6.45) is 4.92. The minimum atomic E-state index is -0.247. The van der Waals surface area contributed by atoms with Crippen molar-refractivity contribution in [1.29, 1.82) is 0 Å². The van der Waals surface area contributed by atoms with Gasteiger partial charge in [-0.15, -0.1) is 0 Å². The van der Waals surface area contributed by atoms with Crippen LogP contribution in [0.25, 0.3) is 0 Å². The first-order chi connectivity index (χ1) is 6.59. The quantitative estimate of drug-likeness (QED) is 0.765. The summed E-state index contributed by atoms with van der Waals surface area (Å²) < 4.78 is 0. The molecule has 1 aromatic heterocycles. The zero-order chi connectivity index (χ0) is 10.6. The molecule has 0 aliphatic heterocycles. The van der Waals surface area contributed by atoms with Crippen molar-refractivity contribution in [2.75, 3.05) is 5.73 Å². The van der Waals surface area contributed by atoms with Crippen LogP contribution in [-0.4, -0.2) is 16.2 Å². The zero-order valence-corrected chi connectivity index (χ0v) is 8.77. The molecule has 0 aromatic carbocycles. The van der Waals surface area contributed by atoms with E-state index in [0.717, 1.165) is 24.1 Å². The molecule has 3 heteroatoms. The number of nitrogens with two attached hydrogens (primary N) is 1. The summed E-state index contributed by atoms with van der Waals surface area (Å²) in [5, 5.41) is 9.22. The summed E-state index contributed by atoms with van der Waals surface area (Å²) >= 11 is 0. The van der Waals surface area contributed by atoms with E-state index in [-0.39, 0.29) is 6.10 Å². The van der Waals surface area contributed by atoms with Gasteiger partial charge in [-0.2, -0.15) is 0 Å². The van der Waals surface area contributed by atoms with E-state index in [1.807, 2.05) is 13.0 Å². The number of aliphatic hydroxyl groups excluding tert-OH is 1.